The van der Waals surface area contributed by atoms with Crippen LogP contribution < -0.4 is 10.0 Å². The Labute approximate surface area is 190 Å². The number of benzene rings is 2. The second-order valence-corrected chi connectivity index (χ2v) is 11.3. The third kappa shape index (κ3) is 6.50. The lowest BCUT2D eigenvalue weighted by atomic mass is 10.0. The highest BCUT2D eigenvalue weighted by Crippen LogP contribution is 2.28. The molecule has 5 nitrogen and oxygen atoms in total. The van der Waals surface area contributed by atoms with Crippen LogP contribution in [0, 0.1) is 20.8 Å². The van der Waals surface area contributed by atoms with Gasteiger partial charge in [-0.15, -0.1) is 0 Å². The zero-order valence-electron chi connectivity index (χ0n) is 18.5. The Morgan fingerprint density at radius 1 is 0.968 bits per heavy atom. The maximum Gasteiger partial charge on any atom is 0.262 e. The lowest BCUT2D eigenvalue weighted by molar-refractivity contribution is 0.0956. The number of thioether (sulfide) groups is 1. The normalized spacial score (nSPS) is 14.9. The van der Waals surface area contributed by atoms with E-state index in [4.69, 9.17) is 0 Å². The molecule has 0 spiro atoms. The second-order valence-electron chi connectivity index (χ2n) is 8.27. The number of carbonyl (C=O) groups excluding carboxylic acids is 1. The molecule has 1 saturated carbocycles. The van der Waals surface area contributed by atoms with Crippen LogP contribution >= 0.6 is 11.8 Å². The minimum Gasteiger partial charge on any atom is -0.351 e. The van der Waals surface area contributed by atoms with Crippen LogP contribution in [0.5, 0.6) is 0 Å². The largest absolute Gasteiger partial charge is 0.351 e. The average Bonchev–Trinajstić information content (AvgIpc) is 2.74. The molecule has 1 aliphatic rings. The van der Waals surface area contributed by atoms with E-state index < -0.39 is 10.0 Å². The van der Waals surface area contributed by atoms with Crippen molar-refractivity contribution in [3.8, 4) is 0 Å². The van der Waals surface area contributed by atoms with Crippen molar-refractivity contribution in [1.29, 1.82) is 0 Å². The first-order chi connectivity index (χ1) is 14.8. The molecule has 2 aromatic rings. The Morgan fingerprint density at radius 2 is 1.68 bits per heavy atom. The van der Waals surface area contributed by atoms with E-state index in [-0.39, 0.29) is 10.8 Å². The molecule has 0 aromatic heterocycles. The van der Waals surface area contributed by atoms with Gasteiger partial charge in [-0.1, -0.05) is 31.4 Å². The number of nitrogens with one attached hydrogen (secondary N) is 2. The molecule has 2 aromatic carbocycles. The molecule has 0 saturated heterocycles. The first-order valence-corrected chi connectivity index (χ1v) is 13.4. The molecule has 2 N–H and O–H groups in total. The summed E-state index contributed by atoms with van der Waals surface area (Å²) in [6.45, 7) is 6.23. The highest BCUT2D eigenvalue weighted by molar-refractivity contribution is 7.99. The van der Waals surface area contributed by atoms with Crippen LogP contribution in [0.15, 0.2) is 41.3 Å². The van der Waals surface area contributed by atoms with Gasteiger partial charge in [-0.3, -0.25) is 9.52 Å². The van der Waals surface area contributed by atoms with Crippen molar-refractivity contribution < 1.29 is 13.2 Å². The van der Waals surface area contributed by atoms with Crippen molar-refractivity contribution in [1.82, 2.24) is 5.32 Å². The van der Waals surface area contributed by atoms with E-state index >= 15 is 0 Å². The summed E-state index contributed by atoms with van der Waals surface area (Å²) in [6.07, 6.45) is 6.49. The Hall–Kier alpha value is -1.99. The highest BCUT2D eigenvalue weighted by atomic mass is 32.2. The summed E-state index contributed by atoms with van der Waals surface area (Å²) in [5, 5.41) is 3.63. The number of aryl methyl sites for hydroxylation is 3. The molecule has 168 valence electrons. The summed E-state index contributed by atoms with van der Waals surface area (Å²) < 4.78 is 28.6. The molecule has 0 unspecified atom stereocenters. The van der Waals surface area contributed by atoms with Crippen LogP contribution in [0.2, 0.25) is 0 Å². The molecule has 0 bridgehead atoms. The summed E-state index contributed by atoms with van der Waals surface area (Å²) in [5.74, 6) is 0.633. The van der Waals surface area contributed by atoms with Crippen LogP contribution in [0.4, 0.5) is 5.69 Å². The average molecular weight is 461 g/mol. The molecule has 3 rings (SSSR count). The fourth-order valence-electron chi connectivity index (χ4n) is 3.77. The van der Waals surface area contributed by atoms with Gasteiger partial charge in [0.05, 0.1) is 4.90 Å². The van der Waals surface area contributed by atoms with Crippen LogP contribution in [-0.4, -0.2) is 31.9 Å². The third-order valence-electron chi connectivity index (χ3n) is 5.79. The maximum absolute atomic E-state index is 13.0. The molecule has 0 radical (unpaired) electrons. The van der Waals surface area contributed by atoms with Crippen molar-refractivity contribution in [3.05, 3.63) is 58.7 Å². The van der Waals surface area contributed by atoms with E-state index in [1.54, 1.807) is 25.1 Å². The summed E-state index contributed by atoms with van der Waals surface area (Å²) in [5.41, 5.74) is 3.57. The summed E-state index contributed by atoms with van der Waals surface area (Å²) >= 11 is 1.93. The van der Waals surface area contributed by atoms with Crippen LogP contribution in [-0.2, 0) is 10.0 Å². The van der Waals surface area contributed by atoms with Crippen molar-refractivity contribution in [3.63, 3.8) is 0 Å². The Kier molecular flexibility index (Phi) is 8.06. The zero-order chi connectivity index (χ0) is 22.4. The number of hydrogen-bond acceptors (Lipinski definition) is 4. The lowest BCUT2D eigenvalue weighted by Gasteiger charge is -2.20. The van der Waals surface area contributed by atoms with E-state index in [2.05, 4.69) is 10.0 Å². The Balaban J connectivity index is 1.64. The molecular formula is C24H32N2O3S2. The standard InChI is InChI=1S/C24H32N2O3S2/c1-17-10-12-21(15-19(17)3)26-31(28,29)23-16-20(11-9-18(23)2)24(27)25-13-14-30-22-7-5-4-6-8-22/h9-12,15-16,22,26H,4-8,13-14H2,1-3H3,(H,25,27). The van der Waals surface area contributed by atoms with Crippen LogP contribution in [0.25, 0.3) is 0 Å². The van der Waals surface area contributed by atoms with Gasteiger partial charge in [-0.05, 0) is 74.6 Å². The van der Waals surface area contributed by atoms with Crippen molar-refractivity contribution in [2.45, 2.75) is 63.0 Å². The Morgan fingerprint density at radius 3 is 2.39 bits per heavy atom. The number of rotatable bonds is 8. The SMILES string of the molecule is Cc1ccc(NS(=O)(=O)c2cc(C(=O)NCCSC3CCCCC3)ccc2C)cc1C. The molecule has 0 aliphatic heterocycles. The fraction of sp³-hybridized carbons (Fsp3) is 0.458. The lowest BCUT2D eigenvalue weighted by Crippen LogP contribution is -2.27. The van der Waals surface area contributed by atoms with Crippen LogP contribution in [0.1, 0.15) is 59.2 Å². The number of hydrogen-bond donors (Lipinski definition) is 2. The predicted molar refractivity (Wildman–Crippen MR) is 130 cm³/mol. The minimum atomic E-state index is -3.80. The van der Waals surface area contributed by atoms with Gasteiger partial charge in [0.15, 0.2) is 0 Å². The summed E-state index contributed by atoms with van der Waals surface area (Å²) in [4.78, 5) is 12.7. The first-order valence-electron chi connectivity index (χ1n) is 10.9. The minimum absolute atomic E-state index is 0.120. The maximum atomic E-state index is 13.0. The number of anilines is 1. The van der Waals surface area contributed by atoms with E-state index in [1.807, 2.05) is 37.7 Å². The summed E-state index contributed by atoms with van der Waals surface area (Å²) in [7, 11) is -3.80. The predicted octanol–water partition coefficient (Wildman–Crippen LogP) is 5.21. The van der Waals surface area contributed by atoms with Gasteiger partial charge >= 0.3 is 0 Å². The number of carbonyl (C=O) groups is 1. The molecule has 0 atom stereocenters. The van der Waals surface area contributed by atoms with Crippen molar-refractivity contribution in [2.75, 3.05) is 17.0 Å². The van der Waals surface area contributed by atoms with E-state index in [9.17, 15) is 13.2 Å². The van der Waals surface area contributed by atoms with Crippen LogP contribution in [0.3, 0.4) is 0 Å². The van der Waals surface area contributed by atoms with Gasteiger partial charge in [0, 0.05) is 28.8 Å². The molecule has 0 heterocycles. The molecule has 1 fully saturated rings. The Bertz CT molecular complexity index is 1030. The smallest absolute Gasteiger partial charge is 0.262 e. The number of amides is 1. The molecule has 1 amide bonds. The van der Waals surface area contributed by atoms with Gasteiger partial charge in [-0.25, -0.2) is 8.42 Å². The zero-order valence-corrected chi connectivity index (χ0v) is 20.2. The van der Waals surface area contributed by atoms with Crippen molar-refractivity contribution in [2.24, 2.45) is 0 Å². The first kappa shape index (κ1) is 23.7. The van der Waals surface area contributed by atoms with Crippen molar-refractivity contribution >= 4 is 33.4 Å². The second kappa shape index (κ2) is 10.6. The third-order valence-corrected chi connectivity index (χ3v) is 8.70. The molecule has 7 heteroatoms. The monoisotopic (exact) mass is 460 g/mol. The topological polar surface area (TPSA) is 75.3 Å². The van der Waals surface area contributed by atoms with Gasteiger partial charge in [0.1, 0.15) is 0 Å². The van der Waals surface area contributed by atoms with Gasteiger partial charge in [-0.2, -0.15) is 11.8 Å². The van der Waals surface area contributed by atoms with Gasteiger partial charge in [0.25, 0.3) is 15.9 Å². The highest BCUT2D eigenvalue weighted by Gasteiger charge is 2.20. The van der Waals surface area contributed by atoms with Gasteiger partial charge < -0.3 is 5.32 Å². The van der Waals surface area contributed by atoms with E-state index in [0.29, 0.717) is 28.6 Å². The molecular weight excluding hydrogens is 428 g/mol. The molecule has 31 heavy (non-hydrogen) atoms. The van der Waals surface area contributed by atoms with Gasteiger partial charge in [0.2, 0.25) is 0 Å². The molecule has 1 aliphatic carbocycles. The number of sulfonamides is 1. The van der Waals surface area contributed by atoms with E-state index in [1.165, 1.54) is 38.2 Å². The fourth-order valence-corrected chi connectivity index (χ4v) is 6.31. The quantitative estimate of drug-likeness (QED) is 0.531. The van der Waals surface area contributed by atoms with E-state index in [0.717, 1.165) is 16.9 Å². The summed E-state index contributed by atoms with van der Waals surface area (Å²) in [6, 6.07) is 10.3.